The predicted octanol–water partition coefficient (Wildman–Crippen LogP) is 2.23. The molecule has 4 rings (SSSR count). The molecule has 2 aliphatic rings. The van der Waals surface area contributed by atoms with Crippen molar-refractivity contribution in [3.05, 3.63) is 81.4 Å². The van der Waals surface area contributed by atoms with Gasteiger partial charge in [0.25, 0.3) is 0 Å². The Bertz CT molecular complexity index is 1110. The van der Waals surface area contributed by atoms with Gasteiger partial charge in [0.05, 0.1) is 0 Å². The minimum Gasteiger partial charge on any atom is -1.00 e. The fourth-order valence-electron chi connectivity index (χ4n) is 4.91. The molecular weight excluding hydrogens is 534 g/mol. The topological polar surface area (TPSA) is 0 Å². The summed E-state index contributed by atoms with van der Waals surface area (Å²) in [6.45, 7) is 22.8. The molecule has 0 fully saturated rings. The van der Waals surface area contributed by atoms with Crippen LogP contribution in [-0.4, -0.2) is 3.21 Å². The van der Waals surface area contributed by atoms with E-state index in [-0.39, 0.29) is 35.6 Å². The van der Waals surface area contributed by atoms with E-state index in [2.05, 4.69) is 112 Å². The van der Waals surface area contributed by atoms with Gasteiger partial charge in [0, 0.05) is 0 Å². The minimum atomic E-state index is 0. The van der Waals surface area contributed by atoms with Crippen LogP contribution in [0.4, 0.5) is 0 Å². The zero-order valence-corrected chi connectivity index (χ0v) is 26.5. The predicted molar refractivity (Wildman–Crippen MR) is 138 cm³/mol. The van der Waals surface area contributed by atoms with Crippen LogP contribution in [0, 0.1) is 19.9 Å². The van der Waals surface area contributed by atoms with E-state index in [1.807, 2.05) is 0 Å². The third-order valence-corrected chi connectivity index (χ3v) is 6.36. The molecule has 3 heteroatoms. The molecule has 0 saturated carbocycles. The summed E-state index contributed by atoms with van der Waals surface area (Å²) in [6.07, 6.45) is 10.0. The van der Waals surface area contributed by atoms with Gasteiger partial charge in [0.2, 0.25) is 0 Å². The number of allylic oxidation sites excluding steroid dienone is 4. The van der Waals surface area contributed by atoms with E-state index in [0.717, 1.165) is 6.42 Å². The Kier molecular flexibility index (Phi) is 10.6. The minimum absolute atomic E-state index is 0. The van der Waals surface area contributed by atoms with Crippen molar-refractivity contribution in [3.8, 4) is 11.1 Å². The van der Waals surface area contributed by atoms with Crippen molar-refractivity contribution in [3.63, 3.8) is 0 Å². The molecule has 0 saturated heterocycles. The standard InChI is InChI=1S/C28H33.C3H6.2ClH.Zr/c1-17-13-22(27(3,4)5)15-20-14-21-16-23(28(6,7)8)25(19-11-9-10-12-19)18(2)26(21)24(17)20;1-3-2;;;/h9-13,15,19H,14H2,1-8H3;1-2H3;2*1H;/q-1;;;;+2/p-2. The molecule has 0 atom stereocenters. The van der Waals surface area contributed by atoms with Gasteiger partial charge < -0.3 is 24.8 Å². The Balaban J connectivity index is 0.000000895. The van der Waals surface area contributed by atoms with Crippen molar-refractivity contribution in [2.24, 2.45) is 0 Å². The number of hydrogen-bond donors (Lipinski definition) is 0. The average Bonchev–Trinajstić information content (AvgIpc) is 3.26. The molecule has 0 aliphatic heterocycles. The number of aryl methyl sites for hydroxylation is 1. The number of hydrogen-bond acceptors (Lipinski definition) is 0. The number of fused-ring (bicyclic) bond motifs is 3. The molecule has 0 spiro atoms. The van der Waals surface area contributed by atoms with Gasteiger partial charge in [-0.3, -0.25) is 0 Å². The Morgan fingerprint density at radius 3 is 1.88 bits per heavy atom. The van der Waals surface area contributed by atoms with E-state index in [1.54, 1.807) is 24.2 Å². The SMILES string of the molecule is C[C](C)=[Zr+2].Cc1cc(C(C)(C)C)cc2c1-c1c([c-]c(C(C)(C)C)c(C3C=CC=C3)c1C)C2.[Cl-].[Cl-]. The summed E-state index contributed by atoms with van der Waals surface area (Å²) in [6, 6.07) is 8.76. The second-order valence-corrected chi connectivity index (χ2v) is 14.1. The molecular formula is C31H39Cl2Zr-. The molecule has 0 radical (unpaired) electrons. The first kappa shape index (κ1) is 31.3. The molecule has 34 heavy (non-hydrogen) atoms. The van der Waals surface area contributed by atoms with Gasteiger partial charge in [-0.15, -0.1) is 22.3 Å². The first-order valence-corrected chi connectivity index (χ1v) is 13.0. The molecule has 2 aromatic carbocycles. The maximum Gasteiger partial charge on any atom is -0.0132 e. The first-order chi connectivity index (χ1) is 14.7. The van der Waals surface area contributed by atoms with E-state index in [0.29, 0.717) is 5.92 Å². The molecule has 0 nitrogen and oxygen atoms in total. The molecule has 0 bridgehead atoms. The Morgan fingerprint density at radius 2 is 1.41 bits per heavy atom. The van der Waals surface area contributed by atoms with Crippen molar-refractivity contribution in [2.75, 3.05) is 0 Å². The van der Waals surface area contributed by atoms with Crippen LogP contribution in [0.25, 0.3) is 11.1 Å². The fourth-order valence-corrected chi connectivity index (χ4v) is 4.91. The van der Waals surface area contributed by atoms with Gasteiger partial charge in [0.1, 0.15) is 0 Å². The van der Waals surface area contributed by atoms with Gasteiger partial charge in [-0.05, 0) is 41.2 Å². The van der Waals surface area contributed by atoms with Crippen LogP contribution in [0.3, 0.4) is 0 Å². The van der Waals surface area contributed by atoms with Gasteiger partial charge in [-0.2, -0.15) is 11.6 Å². The van der Waals surface area contributed by atoms with Crippen molar-refractivity contribution < 1.29 is 49.0 Å². The summed E-state index contributed by atoms with van der Waals surface area (Å²) in [5, 5.41) is 0. The van der Waals surface area contributed by atoms with Crippen LogP contribution < -0.4 is 24.8 Å². The van der Waals surface area contributed by atoms with Crippen molar-refractivity contribution in [2.45, 2.75) is 92.4 Å². The largest absolute Gasteiger partial charge is 1.00 e. The maximum absolute atomic E-state index is 3.92. The zero-order chi connectivity index (χ0) is 24.0. The van der Waals surface area contributed by atoms with Crippen molar-refractivity contribution in [1.82, 2.24) is 0 Å². The zero-order valence-electron chi connectivity index (χ0n) is 22.5. The van der Waals surface area contributed by atoms with E-state index in [4.69, 9.17) is 0 Å². The van der Waals surface area contributed by atoms with E-state index in [9.17, 15) is 0 Å². The molecule has 0 heterocycles. The average molecular weight is 574 g/mol. The van der Waals surface area contributed by atoms with Crippen LogP contribution >= 0.6 is 0 Å². The van der Waals surface area contributed by atoms with Crippen molar-refractivity contribution in [1.29, 1.82) is 0 Å². The fraction of sp³-hybridized carbons (Fsp3) is 0.452. The summed E-state index contributed by atoms with van der Waals surface area (Å²) in [4.78, 5) is 0. The second-order valence-electron chi connectivity index (χ2n) is 11.7. The molecule has 0 unspecified atom stereocenters. The third kappa shape index (κ3) is 6.52. The van der Waals surface area contributed by atoms with Crippen molar-refractivity contribution >= 4 is 3.21 Å². The van der Waals surface area contributed by atoms with E-state index in [1.165, 1.54) is 53.3 Å². The first-order valence-electron chi connectivity index (χ1n) is 11.8. The second kappa shape index (κ2) is 11.5. The van der Waals surface area contributed by atoms with Gasteiger partial charge >= 0.3 is 41.3 Å². The number of benzene rings is 2. The molecule has 2 aliphatic carbocycles. The summed E-state index contributed by atoms with van der Waals surface area (Å²) in [5.41, 5.74) is 13.2. The normalized spacial score (nSPS) is 14.0. The molecule has 0 N–H and O–H groups in total. The van der Waals surface area contributed by atoms with Gasteiger partial charge in [-0.25, -0.2) is 0 Å². The monoisotopic (exact) mass is 571 g/mol. The molecule has 0 amide bonds. The summed E-state index contributed by atoms with van der Waals surface area (Å²) < 4.78 is 1.51. The molecule has 0 aromatic heterocycles. The quantitative estimate of drug-likeness (QED) is 0.392. The van der Waals surface area contributed by atoms with Gasteiger partial charge in [-0.1, -0.05) is 96.0 Å². The Hall–Kier alpha value is -0.747. The van der Waals surface area contributed by atoms with E-state index >= 15 is 0 Å². The van der Waals surface area contributed by atoms with Crippen LogP contribution in [0.5, 0.6) is 0 Å². The number of halogens is 2. The molecule has 182 valence electrons. The number of rotatable bonds is 1. The van der Waals surface area contributed by atoms with Crippen LogP contribution in [0.1, 0.15) is 100 Å². The van der Waals surface area contributed by atoms with Crippen LogP contribution in [0.2, 0.25) is 0 Å². The molecule has 2 aromatic rings. The van der Waals surface area contributed by atoms with E-state index < -0.39 is 0 Å². The Labute approximate surface area is 235 Å². The van der Waals surface area contributed by atoms with Crippen LogP contribution in [-0.2, 0) is 41.5 Å². The maximum atomic E-state index is 3.92. The summed E-state index contributed by atoms with van der Waals surface area (Å²) >= 11 is 1.55. The summed E-state index contributed by atoms with van der Waals surface area (Å²) in [5.74, 6) is 0.369. The smallest absolute Gasteiger partial charge is 0.0132 e. The summed E-state index contributed by atoms with van der Waals surface area (Å²) in [7, 11) is 0. The van der Waals surface area contributed by atoms with Crippen LogP contribution in [0.15, 0.2) is 36.4 Å². The Morgan fingerprint density at radius 1 is 0.882 bits per heavy atom. The third-order valence-electron chi connectivity index (χ3n) is 6.36. The van der Waals surface area contributed by atoms with Gasteiger partial charge in [0.15, 0.2) is 0 Å².